The molecule has 0 bridgehead atoms. The highest BCUT2D eigenvalue weighted by Crippen LogP contribution is 2.26. The average molecular weight is 438 g/mol. The van der Waals surface area contributed by atoms with Crippen LogP contribution in [0.4, 0.5) is 4.79 Å². The number of amides is 1. The van der Waals surface area contributed by atoms with Gasteiger partial charge < -0.3 is 24.6 Å². The Kier molecular flexibility index (Phi) is 12.8. The Bertz CT molecular complexity index is 635. The molecule has 0 saturated carbocycles. The zero-order valence-corrected chi connectivity index (χ0v) is 20.3. The van der Waals surface area contributed by atoms with E-state index >= 15 is 0 Å². The third kappa shape index (κ3) is 11.0. The quantitative estimate of drug-likeness (QED) is 0.305. The first-order chi connectivity index (χ1) is 14.7. The van der Waals surface area contributed by atoms with Gasteiger partial charge in [0.2, 0.25) is 0 Å². The average Bonchev–Trinajstić information content (AvgIpc) is 2.70. The number of carbonyl (C=O) groups excluding carboxylic acids is 1. The van der Waals surface area contributed by atoms with Crippen molar-refractivity contribution in [2.45, 2.75) is 98.0 Å². The zero-order chi connectivity index (χ0) is 23.3. The van der Waals surface area contributed by atoms with Gasteiger partial charge in [-0.15, -0.1) is 0 Å². The van der Waals surface area contributed by atoms with E-state index in [1.54, 1.807) is 0 Å². The van der Waals surface area contributed by atoms with Gasteiger partial charge in [0.25, 0.3) is 0 Å². The third-order valence-electron chi connectivity index (χ3n) is 4.83. The number of rotatable bonds is 14. The first-order valence-corrected chi connectivity index (χ1v) is 11.7. The lowest BCUT2D eigenvalue weighted by molar-refractivity contribution is -0.140. The molecule has 0 saturated heterocycles. The van der Waals surface area contributed by atoms with Gasteiger partial charge in [-0.1, -0.05) is 44.4 Å². The highest BCUT2D eigenvalue weighted by molar-refractivity contribution is 5.68. The fourth-order valence-corrected chi connectivity index (χ4v) is 3.39. The Morgan fingerprint density at radius 3 is 2.29 bits per heavy atom. The van der Waals surface area contributed by atoms with Gasteiger partial charge in [0.15, 0.2) is 6.29 Å². The minimum Gasteiger partial charge on any atom is -0.444 e. The van der Waals surface area contributed by atoms with E-state index in [0.29, 0.717) is 19.6 Å². The van der Waals surface area contributed by atoms with Crippen LogP contribution in [0.15, 0.2) is 18.2 Å². The molecule has 1 unspecified atom stereocenters. The maximum atomic E-state index is 12.2. The molecule has 0 fully saturated rings. The molecule has 0 aromatic heterocycles. The minimum atomic E-state index is -0.594. The molecule has 0 heterocycles. The van der Waals surface area contributed by atoms with E-state index < -0.39 is 24.0 Å². The van der Waals surface area contributed by atoms with Crippen LogP contribution in [0.5, 0.6) is 0 Å². The van der Waals surface area contributed by atoms with E-state index in [1.165, 1.54) is 24.8 Å². The Morgan fingerprint density at radius 2 is 1.74 bits per heavy atom. The van der Waals surface area contributed by atoms with E-state index in [-0.39, 0.29) is 6.61 Å². The van der Waals surface area contributed by atoms with Gasteiger partial charge in [-0.3, -0.25) is 0 Å². The standard InChI is InChI=1S/C25H43NO5/c1-7-10-11-12-13-19-14-15-20(22(16-19)23(29-8-2)30-9-3)17-21(18-27)26-24(28)31-25(4,5)6/h14-16,21,23,27H,7-13,17-18H2,1-6H3,(H,26,28). The summed E-state index contributed by atoms with van der Waals surface area (Å²) in [4.78, 5) is 12.2. The van der Waals surface area contributed by atoms with Crippen molar-refractivity contribution in [2.24, 2.45) is 0 Å². The summed E-state index contributed by atoms with van der Waals surface area (Å²) >= 11 is 0. The molecule has 0 radical (unpaired) electrons. The van der Waals surface area contributed by atoms with Crippen LogP contribution in [0.2, 0.25) is 0 Å². The monoisotopic (exact) mass is 437 g/mol. The molecule has 1 aromatic carbocycles. The van der Waals surface area contributed by atoms with Gasteiger partial charge in [0.05, 0.1) is 12.6 Å². The Balaban J connectivity index is 3.04. The van der Waals surface area contributed by atoms with Gasteiger partial charge in [-0.05, 0) is 65.0 Å². The maximum absolute atomic E-state index is 12.2. The second kappa shape index (κ2) is 14.4. The van der Waals surface area contributed by atoms with Crippen LogP contribution in [0.25, 0.3) is 0 Å². The van der Waals surface area contributed by atoms with Crippen LogP contribution in [0, 0.1) is 0 Å². The SMILES string of the molecule is CCCCCCc1ccc(CC(CO)NC(=O)OC(C)(C)C)c(C(OCC)OCC)c1. The normalized spacial score (nSPS) is 12.8. The topological polar surface area (TPSA) is 77.0 Å². The van der Waals surface area contributed by atoms with Gasteiger partial charge in [-0.2, -0.15) is 0 Å². The molecule has 0 aliphatic carbocycles. The van der Waals surface area contributed by atoms with Gasteiger partial charge in [0.1, 0.15) is 5.60 Å². The second-order valence-electron chi connectivity index (χ2n) is 8.82. The Labute approximate surface area is 188 Å². The molecule has 178 valence electrons. The fourth-order valence-electron chi connectivity index (χ4n) is 3.39. The maximum Gasteiger partial charge on any atom is 0.407 e. The second-order valence-corrected chi connectivity index (χ2v) is 8.82. The molecule has 6 nitrogen and oxygen atoms in total. The molecule has 1 amide bonds. The molecule has 31 heavy (non-hydrogen) atoms. The van der Waals surface area contributed by atoms with Crippen molar-refractivity contribution in [2.75, 3.05) is 19.8 Å². The van der Waals surface area contributed by atoms with Crippen molar-refractivity contribution in [3.05, 3.63) is 34.9 Å². The molecule has 0 spiro atoms. The van der Waals surface area contributed by atoms with Gasteiger partial charge >= 0.3 is 6.09 Å². The summed E-state index contributed by atoms with van der Waals surface area (Å²) in [7, 11) is 0. The van der Waals surface area contributed by atoms with E-state index in [0.717, 1.165) is 24.0 Å². The number of ether oxygens (including phenoxy) is 3. The first kappa shape index (κ1) is 27.4. The molecule has 0 aliphatic heterocycles. The molecule has 2 N–H and O–H groups in total. The predicted molar refractivity (Wildman–Crippen MR) is 124 cm³/mol. The highest BCUT2D eigenvalue weighted by Gasteiger charge is 2.22. The number of hydrogen-bond donors (Lipinski definition) is 2. The van der Waals surface area contributed by atoms with Crippen molar-refractivity contribution >= 4 is 6.09 Å². The van der Waals surface area contributed by atoms with Crippen LogP contribution in [0.1, 0.15) is 90.2 Å². The largest absolute Gasteiger partial charge is 0.444 e. The summed E-state index contributed by atoms with van der Waals surface area (Å²) in [6.07, 6.45) is 5.30. The van der Waals surface area contributed by atoms with Crippen LogP contribution in [-0.2, 0) is 27.1 Å². The van der Waals surface area contributed by atoms with Crippen molar-refractivity contribution in [3.63, 3.8) is 0 Å². The van der Waals surface area contributed by atoms with Crippen LogP contribution in [0.3, 0.4) is 0 Å². The van der Waals surface area contributed by atoms with Crippen LogP contribution < -0.4 is 5.32 Å². The van der Waals surface area contributed by atoms with Gasteiger partial charge in [0, 0.05) is 18.8 Å². The lowest BCUT2D eigenvalue weighted by Gasteiger charge is -2.25. The van der Waals surface area contributed by atoms with E-state index in [9.17, 15) is 9.90 Å². The van der Waals surface area contributed by atoms with Crippen LogP contribution in [-0.4, -0.2) is 42.7 Å². The number of aliphatic hydroxyl groups excluding tert-OH is 1. The van der Waals surface area contributed by atoms with E-state index in [4.69, 9.17) is 14.2 Å². The highest BCUT2D eigenvalue weighted by atomic mass is 16.7. The number of alkyl carbamates (subject to hydrolysis) is 1. The van der Waals surface area contributed by atoms with Crippen molar-refractivity contribution in [3.8, 4) is 0 Å². The van der Waals surface area contributed by atoms with Crippen LogP contribution >= 0.6 is 0 Å². The lowest BCUT2D eigenvalue weighted by Crippen LogP contribution is -2.42. The number of benzene rings is 1. The van der Waals surface area contributed by atoms with Crippen molar-refractivity contribution in [1.29, 1.82) is 0 Å². The molecule has 6 heteroatoms. The Hall–Kier alpha value is -1.63. The van der Waals surface area contributed by atoms with Crippen molar-refractivity contribution in [1.82, 2.24) is 5.32 Å². The Morgan fingerprint density at radius 1 is 1.06 bits per heavy atom. The molecule has 1 atom stereocenters. The lowest BCUT2D eigenvalue weighted by atomic mass is 9.95. The molecule has 1 aromatic rings. The molecule has 0 aliphatic rings. The van der Waals surface area contributed by atoms with Crippen molar-refractivity contribution < 1.29 is 24.1 Å². The number of aryl methyl sites for hydroxylation is 1. The third-order valence-corrected chi connectivity index (χ3v) is 4.83. The first-order valence-electron chi connectivity index (χ1n) is 11.7. The summed E-state index contributed by atoms with van der Waals surface area (Å²) in [5.41, 5.74) is 2.60. The number of hydrogen-bond acceptors (Lipinski definition) is 5. The van der Waals surface area contributed by atoms with Gasteiger partial charge in [-0.25, -0.2) is 4.79 Å². The zero-order valence-electron chi connectivity index (χ0n) is 20.3. The summed E-state index contributed by atoms with van der Waals surface area (Å²) < 4.78 is 17.1. The summed E-state index contributed by atoms with van der Waals surface area (Å²) in [6.45, 7) is 12.4. The summed E-state index contributed by atoms with van der Waals surface area (Å²) in [5, 5.41) is 12.6. The van der Waals surface area contributed by atoms with E-state index in [1.807, 2.05) is 34.6 Å². The minimum absolute atomic E-state index is 0.189. The number of nitrogens with one attached hydrogen (secondary N) is 1. The molecule has 1 rings (SSSR count). The fraction of sp³-hybridized carbons (Fsp3) is 0.720. The predicted octanol–water partition coefficient (Wildman–Crippen LogP) is 5.31. The van der Waals surface area contributed by atoms with E-state index in [2.05, 4.69) is 30.4 Å². The number of carbonyl (C=O) groups is 1. The number of unbranched alkanes of at least 4 members (excludes halogenated alkanes) is 3. The summed E-state index contributed by atoms with van der Waals surface area (Å²) in [5.74, 6) is 0. The smallest absolute Gasteiger partial charge is 0.407 e. The number of aliphatic hydroxyl groups is 1. The molecular weight excluding hydrogens is 394 g/mol. The summed E-state index contributed by atoms with van der Waals surface area (Å²) in [6, 6.07) is 5.88. The molecular formula is C25H43NO5.